The van der Waals surface area contributed by atoms with Gasteiger partial charge in [-0.15, -0.1) is 0 Å². The average Bonchev–Trinajstić information content (AvgIpc) is 2.89. The minimum atomic E-state index is -0.440. The van der Waals surface area contributed by atoms with Gasteiger partial charge < -0.3 is 15.4 Å². The monoisotopic (exact) mass is 572 g/mol. The van der Waals surface area contributed by atoms with Crippen molar-refractivity contribution in [2.75, 3.05) is 12.4 Å². The van der Waals surface area contributed by atoms with Gasteiger partial charge in [0.15, 0.2) is 16.7 Å². The first-order valence-corrected chi connectivity index (χ1v) is 14.2. The summed E-state index contributed by atoms with van der Waals surface area (Å²) in [5.41, 5.74) is 10.2. The number of methoxy groups -OCH3 is 1. The van der Waals surface area contributed by atoms with E-state index in [0.29, 0.717) is 29.6 Å². The van der Waals surface area contributed by atoms with Gasteiger partial charge in [-0.05, 0) is 77.9 Å². The zero-order valence-corrected chi connectivity index (χ0v) is 24.9. The number of nitrogens with one attached hydrogen (secondary N) is 4. The molecule has 4 N–H and O–H groups in total. The van der Waals surface area contributed by atoms with Crippen LogP contribution in [0.2, 0.25) is 0 Å². The van der Waals surface area contributed by atoms with Crippen molar-refractivity contribution < 1.29 is 19.1 Å². The third-order valence-corrected chi connectivity index (χ3v) is 8.07. The Morgan fingerprint density at radius 2 is 1.37 bits per heavy atom. The second kappa shape index (κ2) is 10.8. The number of rotatable bonds is 4. The van der Waals surface area contributed by atoms with Crippen LogP contribution < -0.4 is 26.2 Å². The van der Waals surface area contributed by atoms with E-state index in [-0.39, 0.29) is 33.4 Å². The lowest BCUT2D eigenvalue weighted by Crippen LogP contribution is -2.43. The van der Waals surface area contributed by atoms with Crippen LogP contribution in [0.5, 0.6) is 5.75 Å². The second-order valence-electron chi connectivity index (χ2n) is 12.6. The molecule has 5 rings (SSSR count). The maximum atomic E-state index is 13.5. The summed E-state index contributed by atoms with van der Waals surface area (Å²) in [4.78, 5) is 39.9. The molecule has 0 aromatic heterocycles. The van der Waals surface area contributed by atoms with E-state index in [9.17, 15) is 14.4 Å². The first-order valence-electron chi connectivity index (χ1n) is 13.8. The van der Waals surface area contributed by atoms with Gasteiger partial charge in [-0.25, -0.2) is 0 Å². The van der Waals surface area contributed by atoms with Gasteiger partial charge in [0, 0.05) is 52.6 Å². The molecular formula is C32H36N4O4S. The van der Waals surface area contributed by atoms with Crippen molar-refractivity contribution in [3.05, 3.63) is 82.2 Å². The van der Waals surface area contributed by atoms with Crippen LogP contribution in [0.3, 0.4) is 0 Å². The molecule has 1 amide bonds. The Kier molecular flexibility index (Phi) is 7.50. The smallest absolute Gasteiger partial charge is 0.269 e. The molecule has 0 saturated carbocycles. The Hall–Kier alpha value is -3.98. The largest absolute Gasteiger partial charge is 0.497 e. The molecule has 1 heterocycles. The first-order chi connectivity index (χ1) is 19.4. The number of hydrogen-bond acceptors (Lipinski definition) is 6. The summed E-state index contributed by atoms with van der Waals surface area (Å²) in [6.07, 6.45) is 2.35. The molecule has 0 spiro atoms. The van der Waals surface area contributed by atoms with E-state index in [1.807, 2.05) is 24.3 Å². The van der Waals surface area contributed by atoms with Gasteiger partial charge in [-0.1, -0.05) is 39.8 Å². The summed E-state index contributed by atoms with van der Waals surface area (Å²) in [6.45, 7) is 8.41. The minimum Gasteiger partial charge on any atom is -0.497 e. The number of dihydropyridines is 1. The van der Waals surface area contributed by atoms with Gasteiger partial charge in [0.25, 0.3) is 5.91 Å². The fourth-order valence-electron chi connectivity index (χ4n) is 6.07. The van der Waals surface area contributed by atoms with Crippen molar-refractivity contribution in [3.63, 3.8) is 0 Å². The number of ether oxygens (including phenoxy) is 1. The predicted octanol–water partition coefficient (Wildman–Crippen LogP) is 5.30. The van der Waals surface area contributed by atoms with Crippen LogP contribution in [-0.4, -0.2) is 29.7 Å². The highest BCUT2D eigenvalue weighted by atomic mass is 32.1. The van der Waals surface area contributed by atoms with Gasteiger partial charge in [0.05, 0.1) is 7.11 Å². The standard InChI is InChI=1S/C32H36N4O4S/c1-31(2)14-22-27(24(37)16-31)26(28-23(34-22)15-32(3,4)17-25(28)38)18-6-8-19(9-7-18)29(39)35-36-30(41)33-20-10-12-21(40-5)13-11-20/h6-13,26,34H,14-17H2,1-5H3,(H,35,39)(H2,33,36,41). The topological polar surface area (TPSA) is 109 Å². The molecule has 0 saturated heterocycles. The Bertz CT molecular complexity index is 1430. The molecule has 0 atom stereocenters. The van der Waals surface area contributed by atoms with E-state index in [1.165, 1.54) is 0 Å². The molecule has 0 radical (unpaired) electrons. The fraction of sp³-hybridized carbons (Fsp3) is 0.375. The van der Waals surface area contributed by atoms with Crippen LogP contribution in [-0.2, 0) is 9.59 Å². The van der Waals surface area contributed by atoms with Crippen LogP contribution >= 0.6 is 12.2 Å². The third-order valence-electron chi connectivity index (χ3n) is 7.86. The zero-order chi connectivity index (χ0) is 29.5. The summed E-state index contributed by atoms with van der Waals surface area (Å²) in [7, 11) is 1.60. The summed E-state index contributed by atoms with van der Waals surface area (Å²) in [5.74, 6) is 0.0595. The van der Waals surface area contributed by atoms with Crippen LogP contribution in [0.15, 0.2) is 71.1 Å². The van der Waals surface area contributed by atoms with Crippen molar-refractivity contribution in [2.24, 2.45) is 10.8 Å². The normalized spacial score (nSPS) is 19.5. The molecule has 214 valence electrons. The third kappa shape index (κ3) is 6.05. The van der Waals surface area contributed by atoms with E-state index in [2.05, 4.69) is 49.2 Å². The highest BCUT2D eigenvalue weighted by molar-refractivity contribution is 7.80. The molecule has 0 fully saturated rings. The number of allylic oxidation sites excluding steroid dienone is 4. The van der Waals surface area contributed by atoms with Crippen LogP contribution in [0.25, 0.3) is 0 Å². The average molecular weight is 573 g/mol. The number of carbonyl (C=O) groups is 3. The van der Waals surface area contributed by atoms with Crippen molar-refractivity contribution in [2.45, 2.75) is 59.3 Å². The molecule has 0 bridgehead atoms. The lowest BCUT2D eigenvalue weighted by Gasteiger charge is -2.44. The molecular weight excluding hydrogens is 536 g/mol. The zero-order valence-electron chi connectivity index (χ0n) is 24.1. The Morgan fingerprint density at radius 3 is 1.88 bits per heavy atom. The summed E-state index contributed by atoms with van der Waals surface area (Å²) < 4.78 is 5.15. The molecule has 3 aliphatic rings. The van der Waals surface area contributed by atoms with E-state index in [0.717, 1.165) is 41.2 Å². The number of benzene rings is 2. The SMILES string of the molecule is COc1ccc(NC(=S)NNC(=O)c2ccc(C3C4=C(CC(C)(C)CC4=O)NC4=C3C(=O)CC(C)(C)C4)cc2)cc1. The van der Waals surface area contributed by atoms with Gasteiger partial charge in [0.2, 0.25) is 0 Å². The van der Waals surface area contributed by atoms with Gasteiger partial charge in [-0.2, -0.15) is 0 Å². The highest BCUT2D eigenvalue weighted by Crippen LogP contribution is 2.50. The Labute approximate surface area is 246 Å². The van der Waals surface area contributed by atoms with Crippen molar-refractivity contribution in [1.29, 1.82) is 0 Å². The fourth-order valence-corrected chi connectivity index (χ4v) is 6.24. The number of hydrogen-bond donors (Lipinski definition) is 4. The molecule has 9 heteroatoms. The Morgan fingerprint density at radius 1 is 0.829 bits per heavy atom. The molecule has 0 unspecified atom stereocenters. The summed E-state index contributed by atoms with van der Waals surface area (Å²) in [5, 5.41) is 6.75. The Balaban J connectivity index is 1.35. The van der Waals surface area contributed by atoms with Crippen LogP contribution in [0.1, 0.15) is 75.2 Å². The minimum absolute atomic E-state index is 0.0711. The van der Waals surface area contributed by atoms with E-state index in [4.69, 9.17) is 17.0 Å². The first kappa shape index (κ1) is 28.5. The molecule has 2 aromatic rings. The number of Topliss-reactive ketones (excluding diaryl/α,β-unsaturated/α-hetero) is 2. The molecule has 41 heavy (non-hydrogen) atoms. The van der Waals surface area contributed by atoms with Gasteiger partial charge in [-0.3, -0.25) is 25.2 Å². The molecule has 8 nitrogen and oxygen atoms in total. The molecule has 2 aliphatic carbocycles. The maximum absolute atomic E-state index is 13.5. The summed E-state index contributed by atoms with van der Waals surface area (Å²) in [6, 6.07) is 14.3. The quantitative estimate of drug-likeness (QED) is 0.289. The molecule has 1 aliphatic heterocycles. The van der Waals surface area contributed by atoms with Crippen molar-refractivity contribution >= 4 is 40.5 Å². The van der Waals surface area contributed by atoms with E-state index in [1.54, 1.807) is 31.4 Å². The number of amides is 1. The van der Waals surface area contributed by atoms with E-state index < -0.39 is 5.92 Å². The number of hydrazine groups is 1. The van der Waals surface area contributed by atoms with Crippen LogP contribution in [0.4, 0.5) is 5.69 Å². The molecule has 2 aromatic carbocycles. The maximum Gasteiger partial charge on any atom is 0.269 e. The van der Waals surface area contributed by atoms with Gasteiger partial charge in [0.1, 0.15) is 5.75 Å². The second-order valence-corrected chi connectivity index (χ2v) is 13.0. The van der Waals surface area contributed by atoms with Crippen molar-refractivity contribution in [3.8, 4) is 5.75 Å². The van der Waals surface area contributed by atoms with Gasteiger partial charge >= 0.3 is 0 Å². The number of carbonyl (C=O) groups excluding carboxylic acids is 3. The number of anilines is 1. The van der Waals surface area contributed by atoms with Crippen LogP contribution in [0, 0.1) is 10.8 Å². The van der Waals surface area contributed by atoms with E-state index >= 15 is 0 Å². The lowest BCUT2D eigenvalue weighted by molar-refractivity contribution is -0.119. The summed E-state index contributed by atoms with van der Waals surface area (Å²) >= 11 is 5.29. The highest BCUT2D eigenvalue weighted by Gasteiger charge is 2.46. The number of ketones is 2. The number of thiocarbonyl (C=S) groups is 1. The predicted molar refractivity (Wildman–Crippen MR) is 162 cm³/mol. The lowest BCUT2D eigenvalue weighted by atomic mass is 9.64. The van der Waals surface area contributed by atoms with Crippen molar-refractivity contribution in [1.82, 2.24) is 16.2 Å².